The molecule has 1 rings (SSSR count). The Balaban J connectivity index is 2.77. The van der Waals surface area contributed by atoms with Gasteiger partial charge < -0.3 is 10.0 Å². The van der Waals surface area contributed by atoms with Gasteiger partial charge in [0.05, 0.1) is 12.1 Å². The molecule has 0 aliphatic rings. The van der Waals surface area contributed by atoms with Crippen LogP contribution < -0.4 is 0 Å². The molecule has 15 heavy (non-hydrogen) atoms. The molecule has 0 fully saturated rings. The fourth-order valence-corrected chi connectivity index (χ4v) is 1.43. The second-order valence-corrected chi connectivity index (χ2v) is 3.73. The molecular weight excluding hydrogens is 190 g/mol. The summed E-state index contributed by atoms with van der Waals surface area (Å²) in [5.41, 5.74) is 0.832. The Morgan fingerprint density at radius 3 is 2.33 bits per heavy atom. The van der Waals surface area contributed by atoms with Crippen LogP contribution in [0.15, 0.2) is 30.3 Å². The third-order valence-corrected chi connectivity index (χ3v) is 2.71. The second kappa shape index (κ2) is 4.94. The maximum Gasteiger partial charge on any atom is 0.219 e. The molecule has 1 aromatic carbocycles. The largest absolute Gasteiger partial charge is 0.386 e. The van der Waals surface area contributed by atoms with Gasteiger partial charge in [0.15, 0.2) is 0 Å². The fraction of sp³-hybridized carbons (Fsp3) is 0.417. The third kappa shape index (κ3) is 2.80. The Morgan fingerprint density at radius 1 is 1.33 bits per heavy atom. The maximum atomic E-state index is 11.1. The molecule has 3 heteroatoms. The average molecular weight is 207 g/mol. The molecule has 1 unspecified atom stereocenters. The van der Waals surface area contributed by atoms with Gasteiger partial charge >= 0.3 is 0 Å². The van der Waals surface area contributed by atoms with E-state index >= 15 is 0 Å². The molecule has 0 spiro atoms. The summed E-state index contributed by atoms with van der Waals surface area (Å²) in [6, 6.07) is 9.14. The van der Waals surface area contributed by atoms with Gasteiger partial charge in [0, 0.05) is 14.0 Å². The summed E-state index contributed by atoms with van der Waals surface area (Å²) >= 11 is 0. The number of likely N-dealkylation sites (N-methyl/N-ethyl adjacent to an activating group) is 1. The van der Waals surface area contributed by atoms with Crippen LogP contribution >= 0.6 is 0 Å². The topological polar surface area (TPSA) is 40.5 Å². The zero-order valence-electron chi connectivity index (χ0n) is 9.34. The Kier molecular flexibility index (Phi) is 3.86. The first-order chi connectivity index (χ1) is 7.04. The van der Waals surface area contributed by atoms with E-state index in [4.69, 9.17) is 0 Å². The summed E-state index contributed by atoms with van der Waals surface area (Å²) in [6.45, 7) is 3.33. The van der Waals surface area contributed by atoms with Gasteiger partial charge in [0.25, 0.3) is 0 Å². The van der Waals surface area contributed by atoms with Crippen molar-refractivity contribution in [3.05, 3.63) is 35.9 Å². The van der Waals surface area contributed by atoms with Crippen molar-refractivity contribution < 1.29 is 9.90 Å². The average Bonchev–Trinajstić information content (AvgIpc) is 2.27. The van der Waals surface area contributed by atoms with Gasteiger partial charge in [0.2, 0.25) is 5.91 Å². The standard InChI is InChI=1S/C12H17NO2/c1-9(13(3)10(2)14)12(15)11-7-5-4-6-8-11/h4-9,12,15H,1-3H3/t9-,12?/m1/s1. The Morgan fingerprint density at radius 2 is 1.87 bits per heavy atom. The molecule has 0 aliphatic heterocycles. The third-order valence-electron chi connectivity index (χ3n) is 2.71. The van der Waals surface area contributed by atoms with Crippen LogP contribution in [0, 0.1) is 0 Å². The lowest BCUT2D eigenvalue weighted by atomic mass is 10.0. The molecule has 0 aliphatic carbocycles. The first-order valence-corrected chi connectivity index (χ1v) is 5.00. The van der Waals surface area contributed by atoms with E-state index in [1.54, 1.807) is 7.05 Å². The highest BCUT2D eigenvalue weighted by Crippen LogP contribution is 2.19. The molecule has 0 bridgehead atoms. The molecule has 0 aromatic heterocycles. The number of carbonyl (C=O) groups is 1. The maximum absolute atomic E-state index is 11.1. The number of hydrogen-bond donors (Lipinski definition) is 1. The van der Waals surface area contributed by atoms with Gasteiger partial charge in [-0.05, 0) is 12.5 Å². The minimum atomic E-state index is -0.639. The van der Waals surface area contributed by atoms with Crippen LogP contribution in [0.5, 0.6) is 0 Å². The minimum absolute atomic E-state index is 0.0440. The van der Waals surface area contributed by atoms with E-state index in [-0.39, 0.29) is 11.9 Å². The minimum Gasteiger partial charge on any atom is -0.386 e. The van der Waals surface area contributed by atoms with Crippen molar-refractivity contribution in [3.63, 3.8) is 0 Å². The summed E-state index contributed by atoms with van der Waals surface area (Å²) in [7, 11) is 1.69. The van der Waals surface area contributed by atoms with Crippen LogP contribution in [0.2, 0.25) is 0 Å². The van der Waals surface area contributed by atoms with Crippen molar-refractivity contribution in [1.29, 1.82) is 0 Å². The van der Waals surface area contributed by atoms with Crippen LogP contribution in [0.3, 0.4) is 0 Å². The van der Waals surface area contributed by atoms with Gasteiger partial charge in [-0.15, -0.1) is 0 Å². The van der Waals surface area contributed by atoms with Gasteiger partial charge in [-0.1, -0.05) is 30.3 Å². The summed E-state index contributed by atoms with van der Waals surface area (Å²) in [5, 5.41) is 10.0. The monoisotopic (exact) mass is 207 g/mol. The summed E-state index contributed by atoms with van der Waals surface area (Å²) in [5.74, 6) is -0.0440. The number of aliphatic hydroxyl groups excluding tert-OH is 1. The van der Waals surface area contributed by atoms with Crippen molar-refractivity contribution in [2.75, 3.05) is 7.05 Å². The van der Waals surface area contributed by atoms with Crippen LogP contribution in [0.1, 0.15) is 25.5 Å². The first-order valence-electron chi connectivity index (χ1n) is 5.00. The second-order valence-electron chi connectivity index (χ2n) is 3.73. The lowest BCUT2D eigenvalue weighted by Gasteiger charge is -2.28. The molecule has 1 N–H and O–H groups in total. The van der Waals surface area contributed by atoms with E-state index in [0.29, 0.717) is 0 Å². The number of hydrogen-bond acceptors (Lipinski definition) is 2. The summed E-state index contributed by atoms with van der Waals surface area (Å²) < 4.78 is 0. The molecule has 0 saturated carbocycles. The number of nitrogens with zero attached hydrogens (tertiary/aromatic N) is 1. The van der Waals surface area contributed by atoms with Gasteiger partial charge in [0.1, 0.15) is 0 Å². The van der Waals surface area contributed by atoms with Crippen molar-refractivity contribution in [1.82, 2.24) is 4.90 Å². The van der Waals surface area contributed by atoms with E-state index in [2.05, 4.69) is 0 Å². The molecular formula is C12H17NO2. The highest BCUT2D eigenvalue weighted by molar-refractivity contribution is 5.73. The highest BCUT2D eigenvalue weighted by Gasteiger charge is 2.21. The molecule has 1 amide bonds. The van der Waals surface area contributed by atoms with E-state index in [9.17, 15) is 9.90 Å². The number of aliphatic hydroxyl groups is 1. The van der Waals surface area contributed by atoms with Gasteiger partial charge in [-0.25, -0.2) is 0 Å². The molecule has 0 heterocycles. The molecule has 82 valence electrons. The zero-order valence-corrected chi connectivity index (χ0v) is 9.34. The predicted molar refractivity (Wildman–Crippen MR) is 59.3 cm³/mol. The number of carbonyl (C=O) groups excluding carboxylic acids is 1. The van der Waals surface area contributed by atoms with Gasteiger partial charge in [-0.3, -0.25) is 4.79 Å². The molecule has 0 radical (unpaired) electrons. The molecule has 2 atom stereocenters. The van der Waals surface area contributed by atoms with Crippen LogP contribution in [-0.2, 0) is 4.79 Å². The first kappa shape index (κ1) is 11.7. The SMILES string of the molecule is CC(=O)N(C)[C@H](C)C(O)c1ccccc1. The van der Waals surface area contributed by atoms with Crippen LogP contribution in [0.25, 0.3) is 0 Å². The van der Waals surface area contributed by atoms with E-state index < -0.39 is 6.10 Å². The Bertz CT molecular complexity index is 324. The lowest BCUT2D eigenvalue weighted by Crippen LogP contribution is -2.37. The summed E-state index contributed by atoms with van der Waals surface area (Å²) in [6.07, 6.45) is -0.639. The molecule has 3 nitrogen and oxygen atoms in total. The zero-order chi connectivity index (χ0) is 11.4. The lowest BCUT2D eigenvalue weighted by molar-refractivity contribution is -0.131. The van der Waals surface area contributed by atoms with Crippen molar-refractivity contribution in [2.45, 2.75) is 26.0 Å². The Hall–Kier alpha value is -1.35. The highest BCUT2D eigenvalue weighted by atomic mass is 16.3. The van der Waals surface area contributed by atoms with E-state index in [1.165, 1.54) is 11.8 Å². The Labute approximate surface area is 90.3 Å². The fourth-order valence-electron chi connectivity index (χ4n) is 1.43. The van der Waals surface area contributed by atoms with E-state index in [1.807, 2.05) is 37.3 Å². The van der Waals surface area contributed by atoms with Crippen molar-refractivity contribution >= 4 is 5.91 Å². The van der Waals surface area contributed by atoms with E-state index in [0.717, 1.165) is 5.56 Å². The van der Waals surface area contributed by atoms with Crippen LogP contribution in [-0.4, -0.2) is 29.0 Å². The normalized spacial score (nSPS) is 14.4. The number of benzene rings is 1. The van der Waals surface area contributed by atoms with Gasteiger partial charge in [-0.2, -0.15) is 0 Å². The number of amides is 1. The summed E-state index contributed by atoms with van der Waals surface area (Å²) in [4.78, 5) is 12.7. The number of rotatable bonds is 3. The smallest absolute Gasteiger partial charge is 0.219 e. The quantitative estimate of drug-likeness (QED) is 0.817. The molecule has 0 saturated heterocycles. The van der Waals surface area contributed by atoms with Crippen molar-refractivity contribution in [2.24, 2.45) is 0 Å². The van der Waals surface area contributed by atoms with Crippen molar-refractivity contribution in [3.8, 4) is 0 Å². The predicted octanol–water partition coefficient (Wildman–Crippen LogP) is 1.59. The van der Waals surface area contributed by atoms with Crippen LogP contribution in [0.4, 0.5) is 0 Å². The molecule has 1 aromatic rings.